The molecule has 0 spiro atoms. The first-order valence-electron chi connectivity index (χ1n) is 6.47. The van der Waals surface area contributed by atoms with Gasteiger partial charge in [0.2, 0.25) is 0 Å². The topological polar surface area (TPSA) is 64.6 Å². The monoisotopic (exact) mass is 257 g/mol. The second-order valence-electron chi connectivity index (χ2n) is 5.55. The highest BCUT2D eigenvalue weighted by Gasteiger charge is 2.35. The zero-order valence-electron chi connectivity index (χ0n) is 11.6. The number of nitrogens with one attached hydrogen (secondary N) is 1. The molecule has 1 aliphatic rings. The molecule has 0 bridgehead atoms. The third-order valence-electron chi connectivity index (χ3n) is 2.61. The lowest BCUT2D eigenvalue weighted by atomic mass is 10.0. The Labute approximate surface area is 108 Å². The Balaban J connectivity index is 2.50. The summed E-state index contributed by atoms with van der Waals surface area (Å²) in [6.07, 6.45) is 0.916. The Morgan fingerprint density at radius 1 is 1.39 bits per heavy atom. The fourth-order valence-corrected chi connectivity index (χ4v) is 1.90. The largest absolute Gasteiger partial charge is 0.444 e. The maximum atomic E-state index is 11.8. The van der Waals surface area contributed by atoms with Crippen LogP contribution in [0.25, 0.3) is 0 Å². The van der Waals surface area contributed by atoms with Gasteiger partial charge in [-0.3, -0.25) is 4.79 Å². The molecule has 1 heterocycles. The number of alkyl carbamates (subject to hydrolysis) is 1. The van der Waals surface area contributed by atoms with Crippen LogP contribution < -0.4 is 5.32 Å². The maximum absolute atomic E-state index is 11.8. The Morgan fingerprint density at radius 2 is 2.06 bits per heavy atom. The predicted octanol–water partition coefficient (Wildman–Crippen LogP) is 2.04. The van der Waals surface area contributed by atoms with E-state index in [1.807, 2.05) is 6.92 Å². The number of carbonyl (C=O) groups is 2. The predicted molar refractivity (Wildman–Crippen MR) is 67.4 cm³/mol. The minimum atomic E-state index is -0.535. The van der Waals surface area contributed by atoms with Crippen molar-refractivity contribution in [2.75, 3.05) is 6.61 Å². The van der Waals surface area contributed by atoms with Crippen molar-refractivity contribution in [2.24, 2.45) is 0 Å². The number of hydrogen-bond acceptors (Lipinski definition) is 4. The van der Waals surface area contributed by atoms with E-state index in [9.17, 15) is 9.59 Å². The van der Waals surface area contributed by atoms with Crippen LogP contribution in [0.5, 0.6) is 0 Å². The average Bonchev–Trinajstić information content (AvgIpc) is 2.62. The Hall–Kier alpha value is -1.10. The van der Waals surface area contributed by atoms with Gasteiger partial charge in [0.15, 0.2) is 5.78 Å². The summed E-state index contributed by atoms with van der Waals surface area (Å²) in [5, 5.41) is 2.72. The van der Waals surface area contributed by atoms with Gasteiger partial charge in [0, 0.05) is 13.0 Å². The number of carbonyl (C=O) groups excluding carboxylic acids is 2. The summed E-state index contributed by atoms with van der Waals surface area (Å²) >= 11 is 0. The van der Waals surface area contributed by atoms with E-state index in [2.05, 4.69) is 5.32 Å². The van der Waals surface area contributed by atoms with Crippen molar-refractivity contribution in [3.63, 3.8) is 0 Å². The number of Topliss-reactive ketones (excluding diaryl/α,β-unsaturated/α-hetero) is 1. The molecule has 5 heteroatoms. The van der Waals surface area contributed by atoms with Crippen LogP contribution in [-0.2, 0) is 14.3 Å². The van der Waals surface area contributed by atoms with E-state index in [1.165, 1.54) is 0 Å². The first kappa shape index (κ1) is 15.0. The summed E-state index contributed by atoms with van der Waals surface area (Å²) in [4.78, 5) is 23.4. The summed E-state index contributed by atoms with van der Waals surface area (Å²) < 4.78 is 10.6. The zero-order valence-corrected chi connectivity index (χ0v) is 11.6. The molecule has 1 aliphatic heterocycles. The molecule has 0 aliphatic carbocycles. The summed E-state index contributed by atoms with van der Waals surface area (Å²) in [5.41, 5.74) is -0.535. The van der Waals surface area contributed by atoms with E-state index in [0.29, 0.717) is 19.4 Å². The van der Waals surface area contributed by atoms with Gasteiger partial charge in [0.25, 0.3) is 0 Å². The van der Waals surface area contributed by atoms with Crippen LogP contribution in [0.3, 0.4) is 0 Å². The van der Waals surface area contributed by atoms with Gasteiger partial charge < -0.3 is 14.8 Å². The first-order chi connectivity index (χ1) is 8.33. The van der Waals surface area contributed by atoms with E-state index in [1.54, 1.807) is 20.8 Å². The molecular weight excluding hydrogens is 234 g/mol. The Bertz CT molecular complexity index is 309. The Kier molecular flexibility index (Phi) is 5.14. The highest BCUT2D eigenvalue weighted by atomic mass is 16.6. The lowest BCUT2D eigenvalue weighted by Gasteiger charge is -2.23. The number of hydrogen-bond donors (Lipinski definition) is 1. The molecule has 1 saturated heterocycles. The van der Waals surface area contributed by atoms with Crippen LogP contribution in [-0.4, -0.2) is 36.2 Å². The summed E-state index contributed by atoms with van der Waals surface area (Å²) in [6.45, 7) is 7.86. The standard InChI is InChI=1S/C13H23NO4/c1-5-6-10(15)11-9(7-8-17-11)14-12(16)18-13(2,3)4/h9,11H,5-8H2,1-4H3,(H,14,16)/t9-,11+/m0/s1. The first-order valence-corrected chi connectivity index (χ1v) is 6.47. The lowest BCUT2D eigenvalue weighted by Crippen LogP contribution is -2.45. The zero-order chi connectivity index (χ0) is 13.8. The molecule has 0 unspecified atom stereocenters. The molecule has 104 valence electrons. The number of amides is 1. The van der Waals surface area contributed by atoms with Crippen molar-refractivity contribution in [2.45, 2.75) is 64.7 Å². The van der Waals surface area contributed by atoms with E-state index >= 15 is 0 Å². The fourth-order valence-electron chi connectivity index (χ4n) is 1.90. The van der Waals surface area contributed by atoms with Crippen molar-refractivity contribution >= 4 is 11.9 Å². The molecule has 2 atom stereocenters. The number of ether oxygens (including phenoxy) is 2. The van der Waals surface area contributed by atoms with E-state index in [0.717, 1.165) is 6.42 Å². The fraction of sp³-hybridized carbons (Fsp3) is 0.846. The quantitative estimate of drug-likeness (QED) is 0.837. The molecular formula is C13H23NO4. The molecule has 1 fully saturated rings. The van der Waals surface area contributed by atoms with Crippen LogP contribution in [0.2, 0.25) is 0 Å². The minimum Gasteiger partial charge on any atom is -0.444 e. The van der Waals surface area contributed by atoms with Crippen LogP contribution in [0.4, 0.5) is 4.79 Å². The van der Waals surface area contributed by atoms with Gasteiger partial charge >= 0.3 is 6.09 Å². The second kappa shape index (κ2) is 6.18. The van der Waals surface area contributed by atoms with Gasteiger partial charge in [-0.05, 0) is 33.6 Å². The van der Waals surface area contributed by atoms with Crippen LogP contribution >= 0.6 is 0 Å². The summed E-state index contributed by atoms with van der Waals surface area (Å²) in [7, 11) is 0. The van der Waals surface area contributed by atoms with Gasteiger partial charge in [-0.1, -0.05) is 6.92 Å². The minimum absolute atomic E-state index is 0.0519. The lowest BCUT2D eigenvalue weighted by molar-refractivity contribution is -0.128. The molecule has 18 heavy (non-hydrogen) atoms. The van der Waals surface area contributed by atoms with Crippen molar-refractivity contribution < 1.29 is 19.1 Å². The third-order valence-corrected chi connectivity index (χ3v) is 2.61. The molecule has 0 aromatic carbocycles. The number of rotatable bonds is 4. The maximum Gasteiger partial charge on any atom is 0.407 e. The Morgan fingerprint density at radius 3 is 2.61 bits per heavy atom. The van der Waals surface area contributed by atoms with E-state index in [-0.39, 0.29) is 11.8 Å². The van der Waals surface area contributed by atoms with E-state index < -0.39 is 17.8 Å². The SMILES string of the molecule is CCCC(=O)[C@@H]1OCC[C@@H]1NC(=O)OC(C)(C)C. The van der Waals surface area contributed by atoms with Crippen molar-refractivity contribution in [1.29, 1.82) is 0 Å². The normalized spacial score (nSPS) is 23.8. The third kappa shape index (κ3) is 4.64. The highest BCUT2D eigenvalue weighted by Crippen LogP contribution is 2.17. The van der Waals surface area contributed by atoms with Crippen LogP contribution in [0.1, 0.15) is 47.0 Å². The molecule has 0 saturated carbocycles. The highest BCUT2D eigenvalue weighted by molar-refractivity contribution is 5.84. The molecule has 1 amide bonds. The van der Waals surface area contributed by atoms with E-state index in [4.69, 9.17) is 9.47 Å². The van der Waals surface area contributed by atoms with Crippen molar-refractivity contribution in [3.8, 4) is 0 Å². The van der Waals surface area contributed by atoms with Crippen molar-refractivity contribution in [1.82, 2.24) is 5.32 Å². The second-order valence-corrected chi connectivity index (χ2v) is 5.55. The van der Waals surface area contributed by atoms with Gasteiger partial charge in [-0.25, -0.2) is 4.79 Å². The van der Waals surface area contributed by atoms with Gasteiger partial charge in [0.05, 0.1) is 6.04 Å². The molecule has 0 aromatic rings. The van der Waals surface area contributed by atoms with Gasteiger partial charge in [0.1, 0.15) is 11.7 Å². The summed E-state index contributed by atoms with van der Waals surface area (Å²) in [6, 6.07) is -0.265. The molecule has 1 N–H and O–H groups in total. The van der Waals surface area contributed by atoms with Gasteiger partial charge in [-0.2, -0.15) is 0 Å². The molecule has 1 rings (SSSR count). The van der Waals surface area contributed by atoms with Crippen LogP contribution in [0, 0.1) is 0 Å². The van der Waals surface area contributed by atoms with Crippen molar-refractivity contribution in [3.05, 3.63) is 0 Å². The average molecular weight is 257 g/mol. The molecule has 0 aromatic heterocycles. The van der Waals surface area contributed by atoms with Gasteiger partial charge in [-0.15, -0.1) is 0 Å². The summed E-state index contributed by atoms with van der Waals surface area (Å²) in [5.74, 6) is 0.0519. The number of ketones is 1. The smallest absolute Gasteiger partial charge is 0.407 e. The molecule has 5 nitrogen and oxygen atoms in total. The molecule has 0 radical (unpaired) electrons. The van der Waals surface area contributed by atoms with Crippen LogP contribution in [0.15, 0.2) is 0 Å².